The first kappa shape index (κ1) is 21.8. The summed E-state index contributed by atoms with van der Waals surface area (Å²) in [5, 5.41) is 13.6. The molecule has 7 nitrogen and oxygen atoms in total. The van der Waals surface area contributed by atoms with Crippen LogP contribution < -0.4 is 14.4 Å². The summed E-state index contributed by atoms with van der Waals surface area (Å²) in [7, 11) is 0. The van der Waals surface area contributed by atoms with Crippen LogP contribution in [-0.4, -0.2) is 35.0 Å². The van der Waals surface area contributed by atoms with Gasteiger partial charge in [0.05, 0.1) is 29.0 Å². The molecule has 1 N–H and O–H groups in total. The molecule has 1 unspecified atom stereocenters. The van der Waals surface area contributed by atoms with Crippen molar-refractivity contribution in [2.45, 2.75) is 19.4 Å². The number of ether oxygens (including phenoxy) is 2. The predicted molar refractivity (Wildman–Crippen MR) is 136 cm³/mol. The highest BCUT2D eigenvalue weighted by molar-refractivity contribution is 7.22. The summed E-state index contributed by atoms with van der Waals surface area (Å²) < 4.78 is 12.0. The quantitative estimate of drug-likeness (QED) is 0.225. The smallest absolute Gasteiger partial charge is 0.301 e. The molecule has 1 saturated heterocycles. The lowest BCUT2D eigenvalue weighted by molar-refractivity contribution is -0.132. The molecule has 35 heavy (non-hydrogen) atoms. The summed E-state index contributed by atoms with van der Waals surface area (Å²) in [6.45, 7) is 3.04. The Morgan fingerprint density at radius 2 is 2.11 bits per heavy atom. The van der Waals surface area contributed by atoms with Gasteiger partial charge in [-0.3, -0.25) is 14.5 Å². The number of carbonyl (C=O) groups excluding carboxylic acids is 2. The number of aliphatic hydroxyl groups excluding tert-OH is 1. The van der Waals surface area contributed by atoms with E-state index in [0.717, 1.165) is 27.3 Å². The number of benzene rings is 2. The molecule has 9 heteroatoms. The summed E-state index contributed by atoms with van der Waals surface area (Å²) in [6, 6.07) is 13.8. The first-order valence-corrected chi connectivity index (χ1v) is 12.9. The molecule has 4 aromatic rings. The van der Waals surface area contributed by atoms with Crippen molar-refractivity contribution in [2.24, 2.45) is 0 Å². The Balaban J connectivity index is 1.49. The third-order valence-corrected chi connectivity index (χ3v) is 8.03. The molecule has 176 valence electrons. The van der Waals surface area contributed by atoms with Crippen LogP contribution in [0.25, 0.3) is 16.0 Å². The maximum Gasteiger partial charge on any atom is 0.301 e. The molecule has 4 heterocycles. The second-order valence-electron chi connectivity index (χ2n) is 8.16. The van der Waals surface area contributed by atoms with Gasteiger partial charge in [-0.1, -0.05) is 17.4 Å². The van der Waals surface area contributed by atoms with Gasteiger partial charge in [0.15, 0.2) is 5.13 Å². The monoisotopic (exact) mass is 504 g/mol. The SMILES string of the molecule is CCOc1ccc2nc(N3C(=O)C(=O)/C(=C(/O)c4ccc5c(c4)CCO5)C3c3cccs3)sc2c1. The molecule has 0 spiro atoms. The van der Waals surface area contributed by atoms with Crippen molar-refractivity contribution in [3.63, 3.8) is 0 Å². The predicted octanol–water partition coefficient (Wildman–Crippen LogP) is 5.32. The molecular weight excluding hydrogens is 484 g/mol. The Morgan fingerprint density at radius 3 is 2.91 bits per heavy atom. The Kier molecular flexibility index (Phi) is 5.31. The summed E-state index contributed by atoms with van der Waals surface area (Å²) in [4.78, 5) is 33.5. The van der Waals surface area contributed by atoms with Crippen molar-refractivity contribution in [3.05, 3.63) is 75.5 Å². The number of carbonyl (C=O) groups is 2. The van der Waals surface area contributed by atoms with Crippen molar-refractivity contribution in [3.8, 4) is 11.5 Å². The average molecular weight is 505 g/mol. The van der Waals surface area contributed by atoms with Crippen LogP contribution in [0.1, 0.15) is 29.0 Å². The van der Waals surface area contributed by atoms with Crippen LogP contribution >= 0.6 is 22.7 Å². The van der Waals surface area contributed by atoms with Crippen LogP contribution in [0.3, 0.4) is 0 Å². The highest BCUT2D eigenvalue weighted by atomic mass is 32.1. The lowest BCUT2D eigenvalue weighted by Gasteiger charge is -2.21. The fraction of sp³-hybridized carbons (Fsp3) is 0.192. The molecule has 2 aromatic carbocycles. The molecule has 2 aliphatic heterocycles. The van der Waals surface area contributed by atoms with Crippen LogP contribution in [-0.2, 0) is 16.0 Å². The zero-order chi connectivity index (χ0) is 24.1. The van der Waals surface area contributed by atoms with E-state index in [1.54, 1.807) is 12.1 Å². The minimum atomic E-state index is -0.772. The number of thiazole rings is 1. The van der Waals surface area contributed by atoms with Crippen molar-refractivity contribution in [1.29, 1.82) is 0 Å². The lowest BCUT2D eigenvalue weighted by Crippen LogP contribution is -2.28. The zero-order valence-electron chi connectivity index (χ0n) is 18.7. The van der Waals surface area contributed by atoms with Gasteiger partial charge in [-0.2, -0.15) is 0 Å². The van der Waals surface area contributed by atoms with Gasteiger partial charge in [0.2, 0.25) is 0 Å². The van der Waals surface area contributed by atoms with E-state index in [0.29, 0.717) is 35.2 Å². The molecule has 0 saturated carbocycles. The van der Waals surface area contributed by atoms with Gasteiger partial charge >= 0.3 is 5.91 Å². The van der Waals surface area contributed by atoms with Crippen LogP contribution in [0.5, 0.6) is 11.5 Å². The largest absolute Gasteiger partial charge is 0.507 e. The van der Waals surface area contributed by atoms with E-state index in [1.807, 2.05) is 48.7 Å². The first-order valence-electron chi connectivity index (χ1n) is 11.2. The number of hydrogen-bond acceptors (Lipinski definition) is 8. The number of aromatic nitrogens is 1. The number of hydrogen-bond donors (Lipinski definition) is 1. The number of rotatable bonds is 5. The summed E-state index contributed by atoms with van der Waals surface area (Å²) >= 11 is 2.73. The highest BCUT2D eigenvalue weighted by Crippen LogP contribution is 2.46. The van der Waals surface area contributed by atoms with E-state index in [-0.39, 0.29) is 11.3 Å². The minimum absolute atomic E-state index is 0.0607. The molecule has 0 aliphatic carbocycles. The van der Waals surface area contributed by atoms with Crippen LogP contribution in [0.4, 0.5) is 5.13 Å². The molecular formula is C26H20N2O5S2. The topological polar surface area (TPSA) is 89.0 Å². The summed E-state index contributed by atoms with van der Waals surface area (Å²) in [5.41, 5.74) is 2.22. The maximum absolute atomic E-state index is 13.3. The zero-order valence-corrected chi connectivity index (χ0v) is 20.3. The lowest BCUT2D eigenvalue weighted by atomic mass is 9.98. The second-order valence-corrected chi connectivity index (χ2v) is 10.2. The van der Waals surface area contributed by atoms with Crippen LogP contribution in [0.15, 0.2) is 59.5 Å². The molecule has 2 aromatic heterocycles. The molecule has 1 atom stereocenters. The van der Waals surface area contributed by atoms with Crippen molar-refractivity contribution in [2.75, 3.05) is 18.1 Å². The van der Waals surface area contributed by atoms with Crippen LogP contribution in [0.2, 0.25) is 0 Å². The van der Waals surface area contributed by atoms with E-state index >= 15 is 0 Å². The number of Topliss-reactive ketones (excluding diaryl/α,β-unsaturated/α-hetero) is 1. The molecule has 0 radical (unpaired) electrons. The Labute approximate surface area is 208 Å². The highest BCUT2D eigenvalue weighted by Gasteiger charge is 2.48. The van der Waals surface area contributed by atoms with E-state index in [9.17, 15) is 14.7 Å². The number of amides is 1. The average Bonchev–Trinajstić information content (AvgIpc) is 3.65. The molecule has 1 fully saturated rings. The van der Waals surface area contributed by atoms with Gasteiger partial charge in [-0.05, 0) is 60.3 Å². The van der Waals surface area contributed by atoms with Gasteiger partial charge in [0, 0.05) is 16.9 Å². The number of aliphatic hydroxyl groups is 1. The summed E-state index contributed by atoms with van der Waals surface area (Å²) in [6.07, 6.45) is 0.731. The van der Waals surface area contributed by atoms with E-state index in [4.69, 9.17) is 9.47 Å². The minimum Gasteiger partial charge on any atom is -0.507 e. The molecule has 0 bridgehead atoms. The Morgan fingerprint density at radius 1 is 1.23 bits per heavy atom. The van der Waals surface area contributed by atoms with Gasteiger partial charge in [-0.25, -0.2) is 4.98 Å². The maximum atomic E-state index is 13.3. The first-order chi connectivity index (χ1) is 17.0. The fourth-order valence-corrected chi connectivity index (χ4v) is 6.33. The van der Waals surface area contributed by atoms with Crippen molar-refractivity contribution >= 4 is 55.5 Å². The molecule has 2 aliphatic rings. The van der Waals surface area contributed by atoms with Gasteiger partial charge in [-0.15, -0.1) is 11.3 Å². The standard InChI is InChI=1S/C26H20N2O5S2/c1-2-32-16-6-7-17-20(13-16)35-26(27-17)28-22(19-4-3-11-34-19)21(24(30)25(28)31)23(29)15-5-8-18-14(12-15)9-10-33-18/h3-8,11-13,22,29H,2,9-10H2,1H3/b23-21+. The van der Waals surface area contributed by atoms with Gasteiger partial charge in [0.1, 0.15) is 23.3 Å². The number of anilines is 1. The second kappa shape index (κ2) is 8.51. The van der Waals surface area contributed by atoms with Gasteiger partial charge < -0.3 is 14.6 Å². The molecule has 1 amide bonds. The third-order valence-electron chi connectivity index (χ3n) is 6.09. The van der Waals surface area contributed by atoms with Crippen molar-refractivity contribution in [1.82, 2.24) is 4.98 Å². The van der Waals surface area contributed by atoms with Crippen LogP contribution in [0, 0.1) is 0 Å². The Bertz CT molecular complexity index is 1510. The van der Waals surface area contributed by atoms with E-state index in [1.165, 1.54) is 27.6 Å². The normalized spacial score (nSPS) is 18.8. The number of nitrogens with zero attached hydrogens (tertiary/aromatic N) is 2. The van der Waals surface area contributed by atoms with E-state index in [2.05, 4.69) is 4.98 Å². The fourth-order valence-electron chi connectivity index (χ4n) is 4.49. The number of fused-ring (bicyclic) bond motifs is 2. The molecule has 6 rings (SSSR count). The Hall–Kier alpha value is -3.69. The van der Waals surface area contributed by atoms with Crippen molar-refractivity contribution < 1.29 is 24.2 Å². The summed E-state index contributed by atoms with van der Waals surface area (Å²) in [5.74, 6) is -0.144. The van der Waals surface area contributed by atoms with Gasteiger partial charge in [0.25, 0.3) is 5.78 Å². The number of ketones is 1. The third kappa shape index (κ3) is 3.59. The van der Waals surface area contributed by atoms with E-state index < -0.39 is 17.7 Å². The number of thiophene rings is 1.